The minimum absolute atomic E-state index is 0.175. The molecular weight excluding hydrogens is 334 g/mol. The third-order valence-corrected chi connectivity index (χ3v) is 5.45. The molecule has 26 heavy (non-hydrogen) atoms. The second kappa shape index (κ2) is 5.04. The standard InChI is InChI=1S/C18H17N5O3/c1-10-7-25-18(26-10)17(9-20)14(16(17,8-19)15(21)23-18)12-3-5-13(6-4-12)22-11(2)24/h3-6,10,14H,7H2,1-2H3,(H2,21,23)(H,22,24)/p+1/t10-,14-,16-,17-,18-/m1/s1. The number of nitrogens with two attached hydrogens (primary N) is 1. The molecule has 5 atom stereocenters. The summed E-state index contributed by atoms with van der Waals surface area (Å²) in [4.78, 5) is 14.1. The predicted molar refractivity (Wildman–Crippen MR) is 89.0 cm³/mol. The van der Waals surface area contributed by atoms with Crippen molar-refractivity contribution in [1.82, 2.24) is 0 Å². The van der Waals surface area contributed by atoms with Crippen molar-refractivity contribution >= 4 is 17.4 Å². The Kier molecular flexibility index (Phi) is 3.20. The molecule has 1 amide bonds. The van der Waals surface area contributed by atoms with Crippen molar-refractivity contribution in [2.24, 2.45) is 16.6 Å². The molecule has 1 aliphatic carbocycles. The maximum absolute atomic E-state index is 11.2. The lowest BCUT2D eigenvalue weighted by Gasteiger charge is -2.24. The van der Waals surface area contributed by atoms with E-state index in [0.29, 0.717) is 12.3 Å². The Labute approximate surface area is 150 Å². The van der Waals surface area contributed by atoms with Gasteiger partial charge >= 0.3 is 5.91 Å². The van der Waals surface area contributed by atoms with Gasteiger partial charge in [-0.05, 0) is 24.6 Å². The van der Waals surface area contributed by atoms with E-state index in [9.17, 15) is 15.3 Å². The summed E-state index contributed by atoms with van der Waals surface area (Å²) < 4.78 is 11.7. The minimum atomic E-state index is -1.43. The van der Waals surface area contributed by atoms with Crippen LogP contribution in [0.5, 0.6) is 0 Å². The van der Waals surface area contributed by atoms with Crippen LogP contribution in [0.1, 0.15) is 25.3 Å². The Balaban J connectivity index is 1.79. The normalized spacial score (nSPS) is 39.6. The molecule has 8 heteroatoms. The summed E-state index contributed by atoms with van der Waals surface area (Å²) in [6, 6.07) is 11.6. The van der Waals surface area contributed by atoms with Crippen LogP contribution in [0.3, 0.4) is 0 Å². The number of amidine groups is 1. The number of ether oxygens (including phenoxy) is 2. The van der Waals surface area contributed by atoms with Crippen LogP contribution in [0, 0.1) is 33.5 Å². The van der Waals surface area contributed by atoms with Crippen molar-refractivity contribution < 1.29 is 19.3 Å². The predicted octanol–water partition coefficient (Wildman–Crippen LogP) is -0.697. The van der Waals surface area contributed by atoms with Crippen molar-refractivity contribution in [3.05, 3.63) is 29.8 Å². The number of anilines is 1. The molecule has 3 aliphatic rings. The third kappa shape index (κ3) is 1.68. The number of nitriles is 2. The SMILES string of the molecule is CC(=O)Nc1ccc([C@H]2[C@@]3(C#N)[C@@]4([NH+]=C(N)[C@@]23C#N)OC[C@@H](C)O4)cc1. The molecule has 2 heterocycles. The van der Waals surface area contributed by atoms with Gasteiger partial charge in [-0.15, -0.1) is 0 Å². The number of benzene rings is 1. The van der Waals surface area contributed by atoms with Crippen molar-refractivity contribution in [2.75, 3.05) is 11.9 Å². The average Bonchev–Trinajstić information content (AvgIpc) is 2.99. The van der Waals surface area contributed by atoms with Gasteiger partial charge < -0.3 is 14.8 Å². The Hall–Kier alpha value is -2.94. The Morgan fingerprint density at radius 1 is 1.35 bits per heavy atom. The van der Waals surface area contributed by atoms with E-state index in [1.165, 1.54) is 6.92 Å². The smallest absolute Gasteiger partial charge is 0.326 e. The van der Waals surface area contributed by atoms with E-state index in [1.807, 2.05) is 6.92 Å². The molecule has 2 fully saturated rings. The summed E-state index contributed by atoms with van der Waals surface area (Å²) in [6.45, 7) is 3.57. The highest BCUT2D eigenvalue weighted by Crippen LogP contribution is 2.79. The first kappa shape index (κ1) is 16.5. The topological polar surface area (TPSA) is 135 Å². The quantitative estimate of drug-likeness (QED) is 0.644. The number of carbonyl (C=O) groups excluding carboxylic acids is 1. The van der Waals surface area contributed by atoms with Gasteiger partial charge in [0.05, 0.1) is 24.8 Å². The minimum Gasteiger partial charge on any atom is -0.326 e. The molecule has 2 aliphatic heterocycles. The van der Waals surface area contributed by atoms with Gasteiger partial charge in [0.15, 0.2) is 10.8 Å². The molecule has 1 saturated carbocycles. The number of hydrogen-bond acceptors (Lipinski definition) is 6. The van der Waals surface area contributed by atoms with Crippen LogP contribution < -0.4 is 16.0 Å². The maximum Gasteiger partial charge on any atom is 0.343 e. The Morgan fingerprint density at radius 2 is 2.04 bits per heavy atom. The van der Waals surface area contributed by atoms with E-state index in [-0.39, 0.29) is 17.8 Å². The highest BCUT2D eigenvalue weighted by atomic mass is 16.8. The van der Waals surface area contributed by atoms with Crippen molar-refractivity contribution in [2.45, 2.75) is 31.8 Å². The van der Waals surface area contributed by atoms with Crippen LogP contribution >= 0.6 is 0 Å². The van der Waals surface area contributed by atoms with E-state index in [0.717, 1.165) is 5.56 Å². The van der Waals surface area contributed by atoms with Gasteiger partial charge in [-0.3, -0.25) is 10.5 Å². The number of rotatable bonds is 2. The molecule has 0 bridgehead atoms. The zero-order valence-corrected chi connectivity index (χ0v) is 14.4. The molecule has 0 unspecified atom stereocenters. The Bertz CT molecular complexity index is 914. The van der Waals surface area contributed by atoms with Crippen LogP contribution in [0.25, 0.3) is 0 Å². The maximum atomic E-state index is 11.2. The summed E-state index contributed by atoms with van der Waals surface area (Å²) in [7, 11) is 0. The first-order valence-corrected chi connectivity index (χ1v) is 8.30. The fourth-order valence-corrected chi connectivity index (χ4v) is 4.43. The molecule has 1 spiro atoms. The number of amides is 1. The van der Waals surface area contributed by atoms with Gasteiger partial charge in [0.1, 0.15) is 0 Å². The Morgan fingerprint density at radius 3 is 2.54 bits per heavy atom. The molecule has 0 radical (unpaired) electrons. The second-order valence-electron chi connectivity index (χ2n) is 6.97. The lowest BCUT2D eigenvalue weighted by atomic mass is 9.94. The number of carbonyl (C=O) groups is 1. The molecule has 1 aromatic rings. The van der Waals surface area contributed by atoms with Crippen LogP contribution in [-0.2, 0) is 14.3 Å². The highest BCUT2D eigenvalue weighted by Gasteiger charge is 2.97. The second-order valence-corrected chi connectivity index (χ2v) is 6.97. The molecule has 132 valence electrons. The third-order valence-electron chi connectivity index (χ3n) is 5.45. The molecule has 0 aromatic heterocycles. The number of fused-ring (bicyclic) bond motifs is 2. The number of hydrogen-bond donors (Lipinski definition) is 3. The molecule has 8 nitrogen and oxygen atoms in total. The van der Waals surface area contributed by atoms with Crippen LogP contribution in [-0.4, -0.2) is 30.4 Å². The van der Waals surface area contributed by atoms with Crippen LogP contribution in [0.15, 0.2) is 24.3 Å². The number of nitrogens with one attached hydrogen (secondary N) is 2. The molecule has 1 aromatic carbocycles. The van der Waals surface area contributed by atoms with Gasteiger partial charge in [-0.1, -0.05) is 12.1 Å². The zero-order chi connectivity index (χ0) is 18.7. The van der Waals surface area contributed by atoms with Gasteiger partial charge in [0, 0.05) is 18.5 Å². The fraction of sp³-hybridized carbons (Fsp3) is 0.444. The number of nitrogens with zero attached hydrogens (tertiary/aromatic N) is 2. The van der Waals surface area contributed by atoms with E-state index in [2.05, 4.69) is 22.4 Å². The monoisotopic (exact) mass is 352 g/mol. The van der Waals surface area contributed by atoms with Crippen LogP contribution in [0.2, 0.25) is 0 Å². The van der Waals surface area contributed by atoms with Gasteiger partial charge in [0.2, 0.25) is 5.91 Å². The van der Waals surface area contributed by atoms with E-state index >= 15 is 0 Å². The first-order valence-electron chi connectivity index (χ1n) is 8.30. The fourth-order valence-electron chi connectivity index (χ4n) is 4.43. The molecular formula is C18H18N5O3+. The van der Waals surface area contributed by atoms with Gasteiger partial charge in [-0.25, -0.2) is 4.99 Å². The largest absolute Gasteiger partial charge is 0.343 e. The van der Waals surface area contributed by atoms with E-state index < -0.39 is 22.7 Å². The summed E-state index contributed by atoms with van der Waals surface area (Å²) in [5, 5.41) is 22.7. The van der Waals surface area contributed by atoms with Crippen molar-refractivity contribution in [1.29, 1.82) is 10.5 Å². The summed E-state index contributed by atoms with van der Waals surface area (Å²) in [6.07, 6.45) is -0.224. The average molecular weight is 352 g/mol. The molecule has 4 rings (SSSR count). The van der Waals surface area contributed by atoms with Crippen LogP contribution in [0.4, 0.5) is 5.69 Å². The summed E-state index contributed by atoms with van der Waals surface area (Å²) in [5.41, 5.74) is 5.05. The van der Waals surface area contributed by atoms with Gasteiger partial charge in [-0.2, -0.15) is 10.5 Å². The van der Waals surface area contributed by atoms with Crippen molar-refractivity contribution in [3.8, 4) is 12.1 Å². The summed E-state index contributed by atoms with van der Waals surface area (Å²) >= 11 is 0. The van der Waals surface area contributed by atoms with E-state index in [4.69, 9.17) is 15.2 Å². The van der Waals surface area contributed by atoms with Crippen molar-refractivity contribution in [3.63, 3.8) is 0 Å². The molecule has 4 N–H and O–H groups in total. The zero-order valence-electron chi connectivity index (χ0n) is 14.4. The van der Waals surface area contributed by atoms with Gasteiger partial charge in [0.25, 0.3) is 5.84 Å². The lowest BCUT2D eigenvalue weighted by Crippen LogP contribution is -2.90. The molecule has 1 saturated heterocycles. The van der Waals surface area contributed by atoms with E-state index in [1.54, 1.807) is 24.3 Å². The lowest BCUT2D eigenvalue weighted by molar-refractivity contribution is -0.677. The first-order chi connectivity index (χ1) is 12.4. The summed E-state index contributed by atoms with van der Waals surface area (Å²) in [5.74, 6) is -1.91. The highest BCUT2D eigenvalue weighted by molar-refractivity contribution is 5.95.